The van der Waals surface area contributed by atoms with E-state index in [4.69, 9.17) is 0 Å². The van der Waals surface area contributed by atoms with E-state index >= 15 is 0 Å². The molecular weight excluding hydrogens is 305 g/mol. The Hall–Kier alpha value is -1.35. The fourth-order valence-corrected chi connectivity index (χ4v) is 3.07. The predicted octanol–water partition coefficient (Wildman–Crippen LogP) is 4.65. The SMILES string of the molecule is Cc1cc(Br)c(F)cc1NCC1Cc2ccccc21. The van der Waals surface area contributed by atoms with Crippen LogP contribution in [0.5, 0.6) is 0 Å². The Kier molecular flexibility index (Phi) is 3.31. The van der Waals surface area contributed by atoms with Crippen LogP contribution in [0.25, 0.3) is 0 Å². The highest BCUT2D eigenvalue weighted by Crippen LogP contribution is 2.35. The molecule has 0 amide bonds. The number of benzene rings is 2. The van der Waals surface area contributed by atoms with Crippen LogP contribution in [0, 0.1) is 12.7 Å². The van der Waals surface area contributed by atoms with Gasteiger partial charge in [-0.2, -0.15) is 0 Å². The lowest BCUT2D eigenvalue weighted by atomic mass is 9.77. The second-order valence-electron chi connectivity index (χ2n) is 5.06. The third-order valence-corrected chi connectivity index (χ3v) is 4.38. The van der Waals surface area contributed by atoms with E-state index in [1.165, 1.54) is 11.1 Å². The number of aryl methyl sites for hydroxylation is 1. The molecule has 0 bridgehead atoms. The summed E-state index contributed by atoms with van der Waals surface area (Å²) in [5.41, 5.74) is 4.80. The molecule has 1 nitrogen and oxygen atoms in total. The Morgan fingerprint density at radius 1 is 1.32 bits per heavy atom. The highest BCUT2D eigenvalue weighted by molar-refractivity contribution is 9.10. The lowest BCUT2D eigenvalue weighted by molar-refractivity contribution is 0.618. The molecular formula is C16H15BrFN. The van der Waals surface area contributed by atoms with Gasteiger partial charge in [0.25, 0.3) is 0 Å². The normalized spacial score (nSPS) is 16.7. The molecule has 2 aromatic carbocycles. The van der Waals surface area contributed by atoms with Crippen molar-refractivity contribution >= 4 is 21.6 Å². The van der Waals surface area contributed by atoms with Gasteiger partial charge >= 0.3 is 0 Å². The Bertz CT molecular complexity index is 624. The van der Waals surface area contributed by atoms with Crippen LogP contribution in [0.15, 0.2) is 40.9 Å². The van der Waals surface area contributed by atoms with Crippen LogP contribution in [0.2, 0.25) is 0 Å². The smallest absolute Gasteiger partial charge is 0.139 e. The molecule has 3 rings (SSSR count). The van der Waals surface area contributed by atoms with Gasteiger partial charge in [-0.3, -0.25) is 0 Å². The average Bonchev–Trinajstić information content (AvgIpc) is 2.36. The van der Waals surface area contributed by atoms with E-state index < -0.39 is 0 Å². The molecule has 1 atom stereocenters. The van der Waals surface area contributed by atoms with E-state index in [-0.39, 0.29) is 5.82 Å². The zero-order valence-corrected chi connectivity index (χ0v) is 12.3. The number of anilines is 1. The van der Waals surface area contributed by atoms with Gasteiger partial charge in [0, 0.05) is 18.2 Å². The van der Waals surface area contributed by atoms with Crippen molar-refractivity contribution < 1.29 is 4.39 Å². The van der Waals surface area contributed by atoms with Crippen molar-refractivity contribution in [2.24, 2.45) is 0 Å². The summed E-state index contributed by atoms with van der Waals surface area (Å²) in [6.45, 7) is 2.85. The van der Waals surface area contributed by atoms with Crippen molar-refractivity contribution in [1.82, 2.24) is 0 Å². The molecule has 0 saturated heterocycles. The predicted molar refractivity (Wildman–Crippen MR) is 80.2 cm³/mol. The summed E-state index contributed by atoms with van der Waals surface area (Å²) in [4.78, 5) is 0. The van der Waals surface area contributed by atoms with Crippen molar-refractivity contribution in [1.29, 1.82) is 0 Å². The fraction of sp³-hybridized carbons (Fsp3) is 0.250. The average molecular weight is 320 g/mol. The molecule has 0 saturated carbocycles. The van der Waals surface area contributed by atoms with E-state index in [0.29, 0.717) is 10.4 Å². The largest absolute Gasteiger partial charge is 0.384 e. The molecule has 0 aromatic heterocycles. The lowest BCUT2D eigenvalue weighted by Crippen LogP contribution is -2.24. The molecule has 0 radical (unpaired) electrons. The van der Waals surface area contributed by atoms with Crippen LogP contribution in [0.1, 0.15) is 22.6 Å². The number of nitrogens with one attached hydrogen (secondary N) is 1. The van der Waals surface area contributed by atoms with Gasteiger partial charge in [0.05, 0.1) is 4.47 Å². The molecule has 98 valence electrons. The molecule has 0 heterocycles. The van der Waals surface area contributed by atoms with Crippen LogP contribution in [0.3, 0.4) is 0 Å². The number of rotatable bonds is 3. The van der Waals surface area contributed by atoms with Crippen LogP contribution in [-0.2, 0) is 6.42 Å². The summed E-state index contributed by atoms with van der Waals surface area (Å²) < 4.78 is 14.0. The van der Waals surface area contributed by atoms with Crippen molar-refractivity contribution in [2.75, 3.05) is 11.9 Å². The van der Waals surface area contributed by atoms with Gasteiger partial charge in [0.1, 0.15) is 5.82 Å². The standard InChI is InChI=1S/C16H15BrFN/c1-10-6-14(17)15(18)8-16(10)19-9-12-7-11-4-2-3-5-13(11)12/h2-6,8,12,19H,7,9H2,1H3. The minimum absolute atomic E-state index is 0.220. The van der Waals surface area contributed by atoms with E-state index in [9.17, 15) is 4.39 Å². The molecule has 1 aliphatic carbocycles. The van der Waals surface area contributed by atoms with E-state index in [0.717, 1.165) is 24.2 Å². The minimum Gasteiger partial charge on any atom is -0.384 e. The third-order valence-electron chi connectivity index (χ3n) is 3.77. The second kappa shape index (κ2) is 4.97. The van der Waals surface area contributed by atoms with E-state index in [1.807, 2.05) is 13.0 Å². The van der Waals surface area contributed by atoms with Gasteiger partial charge in [0.15, 0.2) is 0 Å². The van der Waals surface area contributed by atoms with Crippen LogP contribution in [-0.4, -0.2) is 6.54 Å². The minimum atomic E-state index is -0.220. The molecule has 0 fully saturated rings. The van der Waals surface area contributed by atoms with Crippen molar-refractivity contribution in [2.45, 2.75) is 19.3 Å². The molecule has 1 aliphatic rings. The third kappa shape index (κ3) is 2.39. The van der Waals surface area contributed by atoms with Crippen LogP contribution < -0.4 is 5.32 Å². The Morgan fingerprint density at radius 3 is 2.89 bits per heavy atom. The molecule has 1 unspecified atom stereocenters. The zero-order chi connectivity index (χ0) is 13.4. The summed E-state index contributed by atoms with van der Waals surface area (Å²) >= 11 is 3.20. The quantitative estimate of drug-likeness (QED) is 0.868. The van der Waals surface area contributed by atoms with Gasteiger partial charge in [-0.15, -0.1) is 0 Å². The van der Waals surface area contributed by atoms with E-state index in [1.54, 1.807) is 6.07 Å². The highest BCUT2D eigenvalue weighted by Gasteiger charge is 2.25. The number of halogens is 2. The van der Waals surface area contributed by atoms with Crippen molar-refractivity contribution in [3.05, 3.63) is 63.4 Å². The first-order valence-electron chi connectivity index (χ1n) is 6.42. The van der Waals surface area contributed by atoms with Gasteiger partial charge in [-0.05, 0) is 58.1 Å². The first-order chi connectivity index (χ1) is 9.15. The second-order valence-corrected chi connectivity index (χ2v) is 5.92. The van der Waals surface area contributed by atoms with Gasteiger partial charge < -0.3 is 5.32 Å². The summed E-state index contributed by atoms with van der Waals surface area (Å²) in [5.74, 6) is 0.324. The van der Waals surface area contributed by atoms with Crippen LogP contribution >= 0.6 is 15.9 Å². The number of hydrogen-bond donors (Lipinski definition) is 1. The maximum Gasteiger partial charge on any atom is 0.139 e. The van der Waals surface area contributed by atoms with Crippen molar-refractivity contribution in [3.8, 4) is 0 Å². The number of fused-ring (bicyclic) bond motifs is 1. The first kappa shape index (κ1) is 12.7. The fourth-order valence-electron chi connectivity index (χ4n) is 2.61. The summed E-state index contributed by atoms with van der Waals surface area (Å²) in [7, 11) is 0. The van der Waals surface area contributed by atoms with Crippen molar-refractivity contribution in [3.63, 3.8) is 0 Å². The molecule has 1 N–H and O–H groups in total. The number of hydrogen-bond acceptors (Lipinski definition) is 1. The first-order valence-corrected chi connectivity index (χ1v) is 7.22. The summed E-state index contributed by atoms with van der Waals surface area (Å²) in [6.07, 6.45) is 1.11. The zero-order valence-electron chi connectivity index (χ0n) is 10.7. The molecule has 0 spiro atoms. The highest BCUT2D eigenvalue weighted by atomic mass is 79.9. The topological polar surface area (TPSA) is 12.0 Å². The maximum absolute atomic E-state index is 13.5. The van der Waals surface area contributed by atoms with Crippen LogP contribution in [0.4, 0.5) is 10.1 Å². The molecule has 2 aromatic rings. The molecule has 19 heavy (non-hydrogen) atoms. The molecule has 3 heteroatoms. The van der Waals surface area contributed by atoms with Gasteiger partial charge in [-0.25, -0.2) is 4.39 Å². The Morgan fingerprint density at radius 2 is 2.11 bits per heavy atom. The summed E-state index contributed by atoms with van der Waals surface area (Å²) in [6, 6.07) is 11.9. The van der Waals surface area contributed by atoms with Gasteiger partial charge in [0.2, 0.25) is 0 Å². The molecule has 0 aliphatic heterocycles. The maximum atomic E-state index is 13.5. The Balaban J connectivity index is 1.70. The van der Waals surface area contributed by atoms with Gasteiger partial charge in [-0.1, -0.05) is 24.3 Å². The van der Waals surface area contributed by atoms with E-state index in [2.05, 4.69) is 45.5 Å². The monoisotopic (exact) mass is 319 g/mol. The Labute approximate surface area is 121 Å². The summed E-state index contributed by atoms with van der Waals surface area (Å²) in [5, 5.41) is 3.36. The lowest BCUT2D eigenvalue weighted by Gasteiger charge is -2.30.